The number of nitrogens with one attached hydrogen (secondary N) is 1. The van der Waals surface area contributed by atoms with Crippen LogP contribution in [-0.2, 0) is 6.54 Å². The van der Waals surface area contributed by atoms with Crippen LogP contribution in [0.1, 0.15) is 50.3 Å². The maximum absolute atomic E-state index is 6.08. The molecule has 0 amide bonds. The van der Waals surface area contributed by atoms with E-state index in [1.165, 1.54) is 49.9 Å². The summed E-state index contributed by atoms with van der Waals surface area (Å²) in [4.78, 5) is 4.10. The van der Waals surface area contributed by atoms with Gasteiger partial charge in [0.05, 0.1) is 4.34 Å². The summed E-state index contributed by atoms with van der Waals surface area (Å²) in [6.45, 7) is 5.73. The van der Waals surface area contributed by atoms with Crippen molar-refractivity contribution >= 4 is 22.9 Å². The van der Waals surface area contributed by atoms with Crippen molar-refractivity contribution in [2.45, 2.75) is 63.6 Å². The van der Waals surface area contributed by atoms with Crippen molar-refractivity contribution in [2.75, 3.05) is 13.1 Å². The summed E-state index contributed by atoms with van der Waals surface area (Å²) in [6.07, 6.45) is 8.13. The van der Waals surface area contributed by atoms with Gasteiger partial charge in [-0.05, 0) is 31.4 Å². The number of nitrogens with zero attached hydrogens (tertiary/aromatic N) is 1. The molecule has 1 saturated heterocycles. The predicted octanol–water partition coefficient (Wildman–Crippen LogP) is 4.29. The second kappa shape index (κ2) is 6.35. The van der Waals surface area contributed by atoms with Gasteiger partial charge < -0.3 is 5.32 Å². The summed E-state index contributed by atoms with van der Waals surface area (Å²) in [7, 11) is 0. The third kappa shape index (κ3) is 3.22. The summed E-state index contributed by atoms with van der Waals surface area (Å²) in [6, 6.07) is 4.89. The molecule has 1 unspecified atom stereocenters. The van der Waals surface area contributed by atoms with Crippen LogP contribution in [0.3, 0.4) is 0 Å². The van der Waals surface area contributed by atoms with E-state index in [9.17, 15) is 0 Å². The van der Waals surface area contributed by atoms with Gasteiger partial charge in [0.1, 0.15) is 0 Å². The van der Waals surface area contributed by atoms with Gasteiger partial charge in [-0.25, -0.2) is 0 Å². The Bertz CT molecular complexity index is 439. The van der Waals surface area contributed by atoms with Gasteiger partial charge in [0.2, 0.25) is 0 Å². The van der Waals surface area contributed by atoms with Gasteiger partial charge in [0.15, 0.2) is 0 Å². The average Bonchev–Trinajstić information content (AvgIpc) is 2.85. The van der Waals surface area contributed by atoms with Crippen LogP contribution in [0.2, 0.25) is 4.34 Å². The van der Waals surface area contributed by atoms with E-state index < -0.39 is 0 Å². The van der Waals surface area contributed by atoms with Crippen LogP contribution >= 0.6 is 22.9 Å². The highest BCUT2D eigenvalue weighted by molar-refractivity contribution is 7.16. The Morgan fingerprint density at radius 3 is 2.80 bits per heavy atom. The molecule has 2 nitrogen and oxygen atoms in total. The van der Waals surface area contributed by atoms with Crippen molar-refractivity contribution in [1.82, 2.24) is 10.2 Å². The fraction of sp³-hybridized carbons (Fsp3) is 0.750. The monoisotopic (exact) mass is 312 g/mol. The van der Waals surface area contributed by atoms with Gasteiger partial charge in [-0.15, -0.1) is 11.3 Å². The highest BCUT2D eigenvalue weighted by atomic mass is 35.5. The van der Waals surface area contributed by atoms with E-state index in [0.29, 0.717) is 11.6 Å². The van der Waals surface area contributed by atoms with Crippen molar-refractivity contribution in [3.8, 4) is 0 Å². The van der Waals surface area contributed by atoms with Crippen LogP contribution in [0.25, 0.3) is 0 Å². The molecule has 2 aliphatic rings. The quantitative estimate of drug-likeness (QED) is 0.895. The lowest BCUT2D eigenvalue weighted by molar-refractivity contribution is 0.0491. The number of rotatable bonds is 3. The average molecular weight is 313 g/mol. The Morgan fingerprint density at radius 2 is 2.15 bits per heavy atom. The second-order valence-corrected chi connectivity index (χ2v) is 8.19. The first-order chi connectivity index (χ1) is 9.71. The molecule has 2 fully saturated rings. The van der Waals surface area contributed by atoms with E-state index >= 15 is 0 Å². The summed E-state index contributed by atoms with van der Waals surface area (Å²) >= 11 is 7.81. The van der Waals surface area contributed by atoms with Gasteiger partial charge >= 0.3 is 0 Å². The second-order valence-electron chi connectivity index (χ2n) is 6.39. The molecule has 0 radical (unpaired) electrons. The molecule has 1 aromatic rings. The minimum atomic E-state index is 0.394. The molecular formula is C16H25ClN2S. The van der Waals surface area contributed by atoms with E-state index in [-0.39, 0.29) is 0 Å². The molecule has 1 saturated carbocycles. The third-order valence-electron chi connectivity index (χ3n) is 5.00. The summed E-state index contributed by atoms with van der Waals surface area (Å²) in [5, 5.41) is 3.89. The predicted molar refractivity (Wildman–Crippen MR) is 87.6 cm³/mol. The lowest BCUT2D eigenvalue weighted by Crippen LogP contribution is -2.64. The number of thiophene rings is 1. The topological polar surface area (TPSA) is 15.3 Å². The van der Waals surface area contributed by atoms with E-state index in [0.717, 1.165) is 17.4 Å². The molecule has 112 valence electrons. The summed E-state index contributed by atoms with van der Waals surface area (Å²) in [5.41, 5.74) is 0.394. The lowest BCUT2D eigenvalue weighted by atomic mass is 9.79. The Balaban J connectivity index is 1.71. The van der Waals surface area contributed by atoms with E-state index in [1.807, 2.05) is 6.07 Å². The van der Waals surface area contributed by atoms with Crippen molar-refractivity contribution in [3.05, 3.63) is 21.3 Å². The van der Waals surface area contributed by atoms with Gasteiger partial charge in [0.25, 0.3) is 0 Å². The van der Waals surface area contributed by atoms with Crippen LogP contribution in [0, 0.1) is 0 Å². The molecule has 3 rings (SSSR count). The van der Waals surface area contributed by atoms with E-state index in [1.54, 1.807) is 11.3 Å². The Hall–Kier alpha value is -0.0900. The van der Waals surface area contributed by atoms with Crippen LogP contribution < -0.4 is 5.32 Å². The molecule has 1 aromatic heterocycles. The van der Waals surface area contributed by atoms with Crippen LogP contribution in [0.4, 0.5) is 0 Å². The molecule has 4 heteroatoms. The van der Waals surface area contributed by atoms with Crippen molar-refractivity contribution in [3.63, 3.8) is 0 Å². The number of hydrogen-bond donors (Lipinski definition) is 1. The summed E-state index contributed by atoms with van der Waals surface area (Å²) < 4.78 is 0.913. The Labute approximate surface area is 131 Å². The molecule has 1 N–H and O–H groups in total. The van der Waals surface area contributed by atoms with Crippen LogP contribution in [0.5, 0.6) is 0 Å². The Morgan fingerprint density at radius 1 is 1.35 bits per heavy atom. The molecule has 2 heterocycles. The first-order valence-electron chi connectivity index (χ1n) is 7.94. The zero-order valence-electron chi connectivity index (χ0n) is 12.3. The highest BCUT2D eigenvalue weighted by Gasteiger charge is 2.39. The number of halogens is 1. The maximum Gasteiger partial charge on any atom is 0.0931 e. The van der Waals surface area contributed by atoms with Crippen molar-refractivity contribution in [2.24, 2.45) is 0 Å². The Kier molecular flexibility index (Phi) is 4.71. The van der Waals surface area contributed by atoms with Gasteiger partial charge in [-0.3, -0.25) is 4.90 Å². The van der Waals surface area contributed by atoms with Gasteiger partial charge in [0, 0.05) is 36.1 Å². The zero-order valence-corrected chi connectivity index (χ0v) is 13.9. The largest absolute Gasteiger partial charge is 0.308 e. The fourth-order valence-corrected chi connectivity index (χ4v) is 4.94. The molecule has 20 heavy (non-hydrogen) atoms. The molecule has 1 spiro atoms. The normalized spacial score (nSPS) is 27.0. The fourth-order valence-electron chi connectivity index (χ4n) is 3.83. The highest BCUT2D eigenvalue weighted by Crippen LogP contribution is 2.33. The maximum atomic E-state index is 6.08. The SMILES string of the molecule is CCC1CNC2(CCCCC2)CN1Cc1ccc(Cl)s1. The first-order valence-corrected chi connectivity index (χ1v) is 9.13. The van der Waals surface area contributed by atoms with Gasteiger partial charge in [-0.1, -0.05) is 37.8 Å². The smallest absolute Gasteiger partial charge is 0.0931 e. The van der Waals surface area contributed by atoms with E-state index in [4.69, 9.17) is 11.6 Å². The number of piperazine rings is 1. The number of hydrogen-bond acceptors (Lipinski definition) is 3. The van der Waals surface area contributed by atoms with Crippen LogP contribution in [-0.4, -0.2) is 29.6 Å². The molecule has 1 aliphatic heterocycles. The zero-order chi connectivity index (χ0) is 14.0. The first kappa shape index (κ1) is 14.8. The van der Waals surface area contributed by atoms with Crippen molar-refractivity contribution in [1.29, 1.82) is 0 Å². The van der Waals surface area contributed by atoms with Crippen LogP contribution in [0.15, 0.2) is 12.1 Å². The molecule has 0 bridgehead atoms. The lowest BCUT2D eigenvalue weighted by Gasteiger charge is -2.49. The molecular weight excluding hydrogens is 288 g/mol. The standard InChI is InChI=1S/C16H25ClN2S/c1-2-13-10-18-16(8-4-3-5-9-16)12-19(13)11-14-6-7-15(17)20-14/h6-7,13,18H,2-5,8-12H2,1H3. The van der Waals surface area contributed by atoms with E-state index in [2.05, 4.69) is 23.2 Å². The minimum Gasteiger partial charge on any atom is -0.308 e. The summed E-state index contributed by atoms with van der Waals surface area (Å²) in [5.74, 6) is 0. The third-order valence-corrected chi connectivity index (χ3v) is 6.22. The minimum absolute atomic E-state index is 0.394. The molecule has 1 aliphatic carbocycles. The van der Waals surface area contributed by atoms with Crippen molar-refractivity contribution < 1.29 is 0 Å². The van der Waals surface area contributed by atoms with Gasteiger partial charge in [-0.2, -0.15) is 0 Å². The molecule has 1 atom stereocenters. The molecule has 0 aromatic carbocycles.